The quantitative estimate of drug-likeness (QED) is 0.403. The van der Waals surface area contributed by atoms with Gasteiger partial charge in [0.1, 0.15) is 0 Å². The fraction of sp³-hybridized carbons (Fsp3) is 0.154. The van der Waals surface area contributed by atoms with Crippen molar-refractivity contribution >= 4 is 39.7 Å². The average molecular weight is 457 g/mol. The van der Waals surface area contributed by atoms with E-state index in [9.17, 15) is 14.4 Å². The summed E-state index contributed by atoms with van der Waals surface area (Å²) in [4.78, 5) is 38.8. The van der Waals surface area contributed by atoms with E-state index in [2.05, 4.69) is 34.3 Å². The molecule has 4 aromatic rings. The van der Waals surface area contributed by atoms with Crippen molar-refractivity contribution in [3.63, 3.8) is 0 Å². The summed E-state index contributed by atoms with van der Waals surface area (Å²) in [7, 11) is 0. The second kappa shape index (κ2) is 9.99. The van der Waals surface area contributed by atoms with Crippen molar-refractivity contribution in [1.82, 2.24) is 10.2 Å². The molecular formula is C26H24N4O4. The largest absolute Gasteiger partial charge is 0.451 e. The Bertz CT molecular complexity index is 1370. The maximum Gasteiger partial charge on any atom is 0.359 e. The molecule has 8 nitrogen and oxygen atoms in total. The fourth-order valence-electron chi connectivity index (χ4n) is 3.71. The number of rotatable bonds is 7. The lowest BCUT2D eigenvalue weighted by Crippen LogP contribution is -2.25. The van der Waals surface area contributed by atoms with E-state index in [-0.39, 0.29) is 11.7 Å². The number of anilines is 3. The third-order valence-electron chi connectivity index (χ3n) is 5.20. The van der Waals surface area contributed by atoms with E-state index in [4.69, 9.17) is 4.74 Å². The molecular weight excluding hydrogens is 432 g/mol. The molecule has 8 heteroatoms. The molecule has 1 amide bonds. The van der Waals surface area contributed by atoms with Gasteiger partial charge >= 0.3 is 5.97 Å². The predicted octanol–water partition coefficient (Wildman–Crippen LogP) is 4.27. The smallest absolute Gasteiger partial charge is 0.359 e. The highest BCUT2D eigenvalue weighted by atomic mass is 16.5. The predicted molar refractivity (Wildman–Crippen MR) is 131 cm³/mol. The summed E-state index contributed by atoms with van der Waals surface area (Å²) in [6.07, 6.45) is 0. The van der Waals surface area contributed by atoms with E-state index in [0.29, 0.717) is 16.5 Å². The normalized spacial score (nSPS) is 10.8. The monoisotopic (exact) mass is 456 g/mol. The van der Waals surface area contributed by atoms with E-state index in [1.807, 2.05) is 42.5 Å². The number of amides is 1. The molecule has 0 spiro atoms. The number of H-pyrrole nitrogens is 1. The second-order valence-electron chi connectivity index (χ2n) is 7.92. The van der Waals surface area contributed by atoms with Gasteiger partial charge in [-0.25, -0.2) is 9.89 Å². The van der Waals surface area contributed by atoms with Crippen LogP contribution in [-0.2, 0) is 9.53 Å². The first-order chi connectivity index (χ1) is 16.4. The number of hydrogen-bond acceptors (Lipinski definition) is 6. The summed E-state index contributed by atoms with van der Waals surface area (Å²) in [6.45, 7) is 3.73. The summed E-state index contributed by atoms with van der Waals surface area (Å²) in [5, 5.41) is 9.46. The van der Waals surface area contributed by atoms with Crippen molar-refractivity contribution in [1.29, 1.82) is 0 Å². The van der Waals surface area contributed by atoms with E-state index in [0.717, 1.165) is 11.4 Å². The van der Waals surface area contributed by atoms with Gasteiger partial charge in [-0.3, -0.25) is 9.59 Å². The van der Waals surface area contributed by atoms with Crippen LogP contribution in [0.3, 0.4) is 0 Å². The van der Waals surface area contributed by atoms with Crippen LogP contribution in [0.25, 0.3) is 10.8 Å². The highest BCUT2D eigenvalue weighted by Crippen LogP contribution is 2.28. The number of aromatic amines is 1. The number of ether oxygens (including phenoxy) is 1. The number of nitrogens with one attached hydrogen (secondary N) is 2. The molecule has 34 heavy (non-hydrogen) atoms. The summed E-state index contributed by atoms with van der Waals surface area (Å²) in [5.74, 6) is -1.29. The van der Waals surface area contributed by atoms with E-state index >= 15 is 0 Å². The number of carbonyl (C=O) groups is 2. The third kappa shape index (κ3) is 4.96. The maximum atomic E-state index is 12.5. The fourth-order valence-corrected chi connectivity index (χ4v) is 3.71. The molecule has 0 bridgehead atoms. The first kappa shape index (κ1) is 22.7. The van der Waals surface area contributed by atoms with Crippen LogP contribution in [0.2, 0.25) is 0 Å². The van der Waals surface area contributed by atoms with Gasteiger partial charge in [0.15, 0.2) is 12.3 Å². The number of para-hydroxylation sites is 1. The summed E-state index contributed by atoms with van der Waals surface area (Å²) in [5.41, 5.74) is 2.18. The number of esters is 1. The first-order valence-electron chi connectivity index (χ1n) is 10.8. The van der Waals surface area contributed by atoms with Crippen LogP contribution in [0, 0.1) is 0 Å². The Morgan fingerprint density at radius 1 is 0.912 bits per heavy atom. The minimum atomic E-state index is -0.798. The van der Waals surface area contributed by atoms with Crippen molar-refractivity contribution < 1.29 is 14.3 Å². The molecule has 172 valence electrons. The third-order valence-corrected chi connectivity index (χ3v) is 5.20. The van der Waals surface area contributed by atoms with Gasteiger partial charge < -0.3 is 15.0 Å². The van der Waals surface area contributed by atoms with Crippen molar-refractivity contribution in [2.45, 2.75) is 19.9 Å². The van der Waals surface area contributed by atoms with Gasteiger partial charge in [0, 0.05) is 28.5 Å². The zero-order valence-electron chi connectivity index (χ0n) is 18.8. The Morgan fingerprint density at radius 2 is 1.53 bits per heavy atom. The van der Waals surface area contributed by atoms with Gasteiger partial charge in [-0.2, -0.15) is 5.10 Å². The van der Waals surface area contributed by atoms with Gasteiger partial charge in [0.2, 0.25) is 0 Å². The lowest BCUT2D eigenvalue weighted by molar-refractivity contribution is -0.119. The first-order valence-corrected chi connectivity index (χ1v) is 10.8. The molecule has 0 saturated heterocycles. The number of hydrogen-bond donors (Lipinski definition) is 2. The zero-order valence-corrected chi connectivity index (χ0v) is 18.8. The van der Waals surface area contributed by atoms with Crippen molar-refractivity contribution in [3.8, 4) is 0 Å². The maximum absolute atomic E-state index is 12.5. The minimum Gasteiger partial charge on any atom is -0.451 e. The SMILES string of the molecule is CC(C)N(c1ccccc1)c1ccc(NC(=O)COC(=O)c2n[nH]c(=O)c3ccccc23)cc1. The van der Waals surface area contributed by atoms with Crippen LogP contribution in [0.1, 0.15) is 24.3 Å². The Kier molecular flexibility index (Phi) is 6.68. The lowest BCUT2D eigenvalue weighted by Gasteiger charge is -2.29. The molecule has 0 saturated carbocycles. The van der Waals surface area contributed by atoms with Crippen LogP contribution < -0.4 is 15.8 Å². The summed E-state index contributed by atoms with van der Waals surface area (Å²) >= 11 is 0. The van der Waals surface area contributed by atoms with Crippen LogP contribution in [0.5, 0.6) is 0 Å². The minimum absolute atomic E-state index is 0.0537. The summed E-state index contributed by atoms with van der Waals surface area (Å²) in [6, 6.07) is 24.3. The number of benzene rings is 3. The van der Waals surface area contributed by atoms with Gasteiger partial charge in [0.25, 0.3) is 11.5 Å². The molecule has 0 unspecified atom stereocenters. The van der Waals surface area contributed by atoms with E-state index in [1.165, 1.54) is 0 Å². The Balaban J connectivity index is 1.40. The molecule has 1 heterocycles. The average Bonchev–Trinajstić information content (AvgIpc) is 2.85. The molecule has 0 fully saturated rings. The molecule has 1 aromatic heterocycles. The number of carbonyl (C=O) groups excluding carboxylic acids is 2. The number of fused-ring (bicyclic) bond motifs is 1. The molecule has 3 aromatic carbocycles. The molecule has 2 N–H and O–H groups in total. The van der Waals surface area contributed by atoms with Crippen LogP contribution in [0.4, 0.5) is 17.1 Å². The van der Waals surface area contributed by atoms with Crippen molar-refractivity contribution in [2.24, 2.45) is 0 Å². The van der Waals surface area contributed by atoms with E-state index < -0.39 is 24.0 Å². The van der Waals surface area contributed by atoms with Gasteiger partial charge in [0.05, 0.1) is 5.39 Å². The molecule has 0 aliphatic rings. The van der Waals surface area contributed by atoms with Gasteiger partial charge in [-0.05, 0) is 56.3 Å². The second-order valence-corrected chi connectivity index (χ2v) is 7.92. The zero-order chi connectivity index (χ0) is 24.1. The van der Waals surface area contributed by atoms with E-state index in [1.54, 1.807) is 36.4 Å². The van der Waals surface area contributed by atoms with Gasteiger partial charge in [-0.15, -0.1) is 0 Å². The topological polar surface area (TPSA) is 104 Å². The number of nitrogens with zero attached hydrogens (tertiary/aromatic N) is 2. The van der Waals surface area contributed by atoms with Crippen LogP contribution in [0.15, 0.2) is 83.7 Å². The highest BCUT2D eigenvalue weighted by Gasteiger charge is 2.17. The Hall–Kier alpha value is -4.46. The van der Waals surface area contributed by atoms with Crippen LogP contribution in [-0.4, -0.2) is 34.7 Å². The molecule has 0 radical (unpaired) electrons. The van der Waals surface area contributed by atoms with Crippen molar-refractivity contribution in [2.75, 3.05) is 16.8 Å². The Morgan fingerprint density at radius 3 is 2.21 bits per heavy atom. The summed E-state index contributed by atoms with van der Waals surface area (Å²) < 4.78 is 5.12. The molecule has 0 aliphatic carbocycles. The highest BCUT2D eigenvalue weighted by molar-refractivity contribution is 6.03. The molecule has 4 rings (SSSR count). The molecule has 0 aliphatic heterocycles. The van der Waals surface area contributed by atoms with Crippen molar-refractivity contribution in [3.05, 3.63) is 94.9 Å². The van der Waals surface area contributed by atoms with Gasteiger partial charge in [-0.1, -0.05) is 36.4 Å². The molecule has 0 atom stereocenters. The standard InChI is InChI=1S/C26H24N4O4/c1-17(2)30(19-8-4-3-5-9-19)20-14-12-18(13-15-20)27-23(31)16-34-26(33)24-21-10-6-7-11-22(21)25(32)29-28-24/h3-15,17H,16H2,1-2H3,(H,27,31)(H,29,32). The van der Waals surface area contributed by atoms with Crippen LogP contribution >= 0.6 is 0 Å². The number of aromatic nitrogens is 2. The lowest BCUT2D eigenvalue weighted by atomic mass is 10.1. The Labute approximate surface area is 196 Å².